The lowest BCUT2D eigenvalue weighted by atomic mass is 9.87. The molecule has 1 fully saturated rings. The van der Waals surface area contributed by atoms with Gasteiger partial charge in [-0.15, -0.1) is 0 Å². The Hall–Kier alpha value is -3.01. The Labute approximate surface area is 379 Å². The number of aromatic nitrogens is 4. The first-order valence-corrected chi connectivity index (χ1v) is 25.1. The number of thioether (sulfide) groups is 1. The summed E-state index contributed by atoms with van der Waals surface area (Å²) in [5, 5.41) is 33.5. The number of aliphatic hydroxyl groups excluding tert-OH is 3. The van der Waals surface area contributed by atoms with Gasteiger partial charge in [-0.05, 0) is 19.8 Å². The number of nitrogens with zero attached hydrogens (tertiary/aromatic N) is 4. The summed E-state index contributed by atoms with van der Waals surface area (Å²) in [5.41, 5.74) is 2.03. The monoisotopic (exact) mass is 1010 g/mol. The zero-order valence-corrected chi connectivity index (χ0v) is 40.3. The number of nitrogens with one attached hydrogen (secondary N) is 2. The minimum absolute atomic E-state index is 0.0197. The first-order chi connectivity index (χ1) is 30.2. The summed E-state index contributed by atoms with van der Waals surface area (Å²) in [7, 11) is -15.2. The number of fused-ring (bicyclic) bond motifs is 1. The van der Waals surface area contributed by atoms with Crippen LogP contribution in [0.15, 0.2) is 12.7 Å². The lowest BCUT2D eigenvalue weighted by Gasteiger charge is -2.36. The van der Waals surface area contributed by atoms with E-state index in [0.717, 1.165) is 61.8 Å². The van der Waals surface area contributed by atoms with Crippen LogP contribution in [0.25, 0.3) is 11.2 Å². The number of rotatable bonds is 25. The van der Waals surface area contributed by atoms with Crippen LogP contribution >= 0.6 is 35.2 Å². The molecule has 7 unspecified atom stereocenters. The number of nitrogens with two attached hydrogens (primary N) is 1. The molecule has 3 heterocycles. The number of unbranched alkanes of at least 4 members (excludes halogenated alkanes) is 2. The molecule has 65 heavy (non-hydrogen) atoms. The average Bonchev–Trinajstić information content (AvgIpc) is 3.78. The standard InChI is InChI=1S/C27H46N7O17P3S.C6H12O2.CH4O/c1-5-6-7-18(36)55-11-10-29-17(35)8-9-30-25(39)22(38)26(2,3)13-48-54(45,46)51-53(43,44)47-12-16-20(50-52(40,41)42)21(37)27(4,49-16)34-15-33-19-23(28)31-14-32-24(19)34;1-3-4-5-6(7)8-2;1-2/h14-16,20-22,37-38H,5-13H2,1-4H3,(H,29,35)(H,30,39)(H,43,44)(H,45,46)(H2,28,31,32)(H2,40,41,42);3-5H2,1-2H3;2H,1H3/p-4. The van der Waals surface area contributed by atoms with Gasteiger partial charge in [-0.3, -0.25) is 32.9 Å². The zero-order valence-electron chi connectivity index (χ0n) is 36.8. The number of esters is 1. The smallest absolute Gasteiger partial charge is 0.305 e. The van der Waals surface area contributed by atoms with Crippen LogP contribution in [0.2, 0.25) is 0 Å². The molecule has 1 aliphatic rings. The molecule has 1 aliphatic heterocycles. The largest absolute Gasteiger partial charge is 0.790 e. The third-order valence-corrected chi connectivity index (χ3v) is 12.9. The fraction of sp³-hybridized carbons (Fsp3) is 0.735. The van der Waals surface area contributed by atoms with Crippen LogP contribution in [0.3, 0.4) is 0 Å². The van der Waals surface area contributed by atoms with Crippen molar-refractivity contribution < 1.29 is 95.1 Å². The summed E-state index contributed by atoms with van der Waals surface area (Å²) in [6, 6.07) is 0. The minimum atomic E-state index is -5.93. The lowest BCUT2D eigenvalue weighted by Crippen LogP contribution is -2.46. The molecule has 27 nitrogen and oxygen atoms in total. The topological polar surface area (TPSA) is 421 Å². The highest BCUT2D eigenvalue weighted by atomic mass is 32.2. The van der Waals surface area contributed by atoms with Crippen molar-refractivity contribution in [1.29, 1.82) is 0 Å². The van der Waals surface area contributed by atoms with Crippen molar-refractivity contribution in [1.82, 2.24) is 30.2 Å². The molecule has 2 aromatic heterocycles. The number of hydrogen-bond donors (Lipinski definition) is 6. The van der Waals surface area contributed by atoms with Crippen LogP contribution in [-0.4, -0.2) is 128 Å². The number of carbonyl (C=O) groups excluding carboxylic acids is 4. The Morgan fingerprint density at radius 3 is 2.20 bits per heavy atom. The molecule has 31 heteroatoms. The Kier molecular flexibility index (Phi) is 25.6. The second-order valence-corrected chi connectivity index (χ2v) is 19.8. The predicted octanol–water partition coefficient (Wildman–Crippen LogP) is -1.54. The van der Waals surface area contributed by atoms with Gasteiger partial charge in [-0.2, -0.15) is 0 Å². The minimum Gasteiger partial charge on any atom is -0.790 e. The van der Waals surface area contributed by atoms with Gasteiger partial charge in [-0.25, -0.2) is 19.3 Å². The normalized spacial score (nSPS) is 20.8. The molecule has 0 saturated carbocycles. The van der Waals surface area contributed by atoms with Gasteiger partial charge in [0.15, 0.2) is 22.3 Å². The number of carbonyl (C=O) groups is 4. The number of aliphatic hydroxyl groups is 3. The summed E-state index contributed by atoms with van der Waals surface area (Å²) in [5.74, 6) is -1.27. The van der Waals surface area contributed by atoms with Crippen LogP contribution in [0.1, 0.15) is 79.6 Å². The first kappa shape index (κ1) is 60.0. The number of hydrogen-bond acceptors (Lipinski definition) is 25. The zero-order chi connectivity index (χ0) is 49.8. The summed E-state index contributed by atoms with van der Waals surface area (Å²) in [6.45, 7) is 5.31. The van der Waals surface area contributed by atoms with E-state index in [1.807, 2.05) is 13.8 Å². The van der Waals surface area contributed by atoms with E-state index in [-0.39, 0.29) is 47.6 Å². The Bertz CT molecular complexity index is 1990. The number of anilines is 1. The lowest BCUT2D eigenvalue weighted by molar-refractivity contribution is -0.347. The highest BCUT2D eigenvalue weighted by Gasteiger charge is 2.55. The SMILES string of the molecule is CCCCC(=O)OC.CCCCC(=O)SCCNC(=O)CCNC(=O)C(O)C(C)(C)COP(=O)([O-])OP(=O)([O-])OCC1OC(C)(n2cnc3c(N)ncnc32)C(O)C1OP(=O)([O-])[O-].CO. The van der Waals surface area contributed by atoms with Crippen molar-refractivity contribution in [2.24, 2.45) is 5.41 Å². The van der Waals surface area contributed by atoms with Gasteiger partial charge < -0.3 is 78.9 Å². The highest BCUT2D eigenvalue weighted by Crippen LogP contribution is 2.56. The maximum atomic E-state index is 12.6. The van der Waals surface area contributed by atoms with Crippen molar-refractivity contribution in [3.8, 4) is 0 Å². The first-order valence-electron chi connectivity index (χ1n) is 19.7. The Balaban J connectivity index is 0.00000190. The van der Waals surface area contributed by atoms with Crippen molar-refractivity contribution >= 4 is 75.1 Å². The molecule has 7 N–H and O–H groups in total. The number of phosphoric ester groups is 3. The number of nitrogen functional groups attached to an aromatic ring is 1. The maximum absolute atomic E-state index is 12.6. The third-order valence-electron chi connectivity index (χ3n) is 8.92. The molecular formula is C34H58N7O20P3S-4. The summed E-state index contributed by atoms with van der Waals surface area (Å²) >= 11 is 1.10. The number of ether oxygens (including phenoxy) is 2. The Morgan fingerprint density at radius 1 is 0.985 bits per heavy atom. The summed E-state index contributed by atoms with van der Waals surface area (Å²) in [4.78, 5) is 106. The van der Waals surface area contributed by atoms with Crippen LogP contribution in [0.5, 0.6) is 0 Å². The fourth-order valence-electron chi connectivity index (χ4n) is 5.40. The number of amides is 2. The van der Waals surface area contributed by atoms with E-state index in [0.29, 0.717) is 18.6 Å². The molecule has 374 valence electrons. The van der Waals surface area contributed by atoms with E-state index in [1.165, 1.54) is 27.9 Å². The fourth-order valence-corrected chi connectivity index (χ4v) is 8.85. The molecule has 0 bridgehead atoms. The second-order valence-electron chi connectivity index (χ2n) is 14.5. The molecule has 7 atom stereocenters. The van der Waals surface area contributed by atoms with Gasteiger partial charge in [0, 0.05) is 50.6 Å². The van der Waals surface area contributed by atoms with Gasteiger partial charge in [0.1, 0.15) is 36.3 Å². The van der Waals surface area contributed by atoms with Gasteiger partial charge >= 0.3 is 5.97 Å². The van der Waals surface area contributed by atoms with Gasteiger partial charge in [0.2, 0.25) is 11.8 Å². The molecule has 2 aromatic rings. The molecule has 0 spiro atoms. The van der Waals surface area contributed by atoms with E-state index in [1.54, 1.807) is 0 Å². The van der Waals surface area contributed by atoms with E-state index in [2.05, 4.69) is 48.2 Å². The van der Waals surface area contributed by atoms with Crippen molar-refractivity contribution in [2.45, 2.75) is 110 Å². The van der Waals surface area contributed by atoms with Crippen LogP contribution in [0, 0.1) is 5.41 Å². The van der Waals surface area contributed by atoms with Gasteiger partial charge in [0.25, 0.3) is 15.6 Å². The molecule has 0 aromatic carbocycles. The molecule has 0 radical (unpaired) electrons. The van der Waals surface area contributed by atoms with Crippen LogP contribution < -0.4 is 35.9 Å². The second kappa shape index (κ2) is 27.7. The van der Waals surface area contributed by atoms with E-state index < -0.39 is 84.1 Å². The van der Waals surface area contributed by atoms with Crippen LogP contribution in [-0.2, 0) is 66.0 Å². The number of imidazole rings is 1. The third kappa shape index (κ3) is 20.4. The van der Waals surface area contributed by atoms with E-state index >= 15 is 0 Å². The molecule has 3 rings (SSSR count). The Morgan fingerprint density at radius 2 is 1.60 bits per heavy atom. The number of methoxy groups -OCH3 is 1. The number of phosphoric acid groups is 3. The van der Waals surface area contributed by atoms with Crippen molar-refractivity contribution in [3.05, 3.63) is 12.7 Å². The summed E-state index contributed by atoms with van der Waals surface area (Å²) < 4.78 is 65.4. The molecular weight excluding hydrogens is 951 g/mol. The van der Waals surface area contributed by atoms with E-state index in [9.17, 15) is 62.7 Å². The quantitative estimate of drug-likeness (QED) is 0.0373. The molecule has 2 amide bonds. The van der Waals surface area contributed by atoms with Gasteiger partial charge in [-0.1, -0.05) is 52.3 Å². The van der Waals surface area contributed by atoms with Crippen molar-refractivity contribution in [3.63, 3.8) is 0 Å². The molecule has 0 aliphatic carbocycles. The van der Waals surface area contributed by atoms with E-state index in [4.69, 9.17) is 15.6 Å². The van der Waals surface area contributed by atoms with Gasteiger partial charge in [0.05, 0.1) is 34.5 Å². The highest BCUT2D eigenvalue weighted by molar-refractivity contribution is 8.13. The average molecular weight is 1010 g/mol. The van der Waals surface area contributed by atoms with Crippen molar-refractivity contribution in [2.75, 3.05) is 52.0 Å². The predicted molar refractivity (Wildman–Crippen MR) is 222 cm³/mol. The summed E-state index contributed by atoms with van der Waals surface area (Å²) in [6.07, 6.45) is -1.39. The molecule has 1 saturated heterocycles. The van der Waals surface area contributed by atoms with Crippen LogP contribution in [0.4, 0.5) is 5.82 Å². The maximum Gasteiger partial charge on any atom is 0.305 e.